The fourth-order valence-electron chi connectivity index (χ4n) is 1.07. The molecule has 0 saturated carbocycles. The van der Waals surface area contributed by atoms with Crippen LogP contribution in [0.4, 0.5) is 0 Å². The minimum Gasteiger partial charge on any atom is -0.363 e. The summed E-state index contributed by atoms with van der Waals surface area (Å²) >= 11 is 0. The summed E-state index contributed by atoms with van der Waals surface area (Å²) in [6.45, 7) is 5.05. The van der Waals surface area contributed by atoms with Crippen LogP contribution >= 0.6 is 0 Å². The summed E-state index contributed by atoms with van der Waals surface area (Å²) in [5.74, 6) is 0. The molecule has 0 aromatic carbocycles. The lowest BCUT2D eigenvalue weighted by Gasteiger charge is -2.01. The molecule has 0 bridgehead atoms. The molecule has 0 spiro atoms. The Bertz CT molecular complexity index is 191. The first kappa shape index (κ1) is 6.46. The van der Waals surface area contributed by atoms with Gasteiger partial charge in [0.05, 0.1) is 0 Å². The molecule has 0 saturated heterocycles. The van der Waals surface area contributed by atoms with E-state index < -0.39 is 0 Å². The van der Waals surface area contributed by atoms with Gasteiger partial charge in [-0.25, -0.2) is 0 Å². The van der Waals surface area contributed by atoms with Crippen LogP contribution in [0.25, 0.3) is 0 Å². The van der Waals surface area contributed by atoms with Crippen molar-refractivity contribution in [3.05, 3.63) is 18.3 Å². The molecule has 0 aliphatic carbocycles. The number of aryl methyl sites for hydroxylation is 1. The standard InChI is InChI=1S/C7H12BN/c1-8(2)7-5-4-6-9(7)3/h4-6H,1-3H3. The van der Waals surface area contributed by atoms with Crippen LogP contribution in [0.1, 0.15) is 0 Å². The van der Waals surface area contributed by atoms with Crippen molar-refractivity contribution in [1.82, 2.24) is 4.57 Å². The van der Waals surface area contributed by atoms with Gasteiger partial charge >= 0.3 is 0 Å². The molecule has 0 radical (unpaired) electrons. The molecule has 1 heterocycles. The molecule has 0 atom stereocenters. The van der Waals surface area contributed by atoms with Gasteiger partial charge in [-0.15, -0.1) is 0 Å². The van der Waals surface area contributed by atoms with Gasteiger partial charge in [0.1, 0.15) is 0 Å². The second-order valence-corrected chi connectivity index (χ2v) is 2.70. The first-order valence-corrected chi connectivity index (χ1v) is 3.33. The van der Waals surface area contributed by atoms with Crippen molar-refractivity contribution in [3.8, 4) is 0 Å². The highest BCUT2D eigenvalue weighted by molar-refractivity contribution is 6.70. The third kappa shape index (κ3) is 1.18. The molecule has 0 N–H and O–H groups in total. The molecule has 48 valence electrons. The predicted octanol–water partition coefficient (Wildman–Crippen LogP) is 0.986. The lowest BCUT2D eigenvalue weighted by molar-refractivity contribution is 0.955. The largest absolute Gasteiger partial charge is 0.363 e. The molecule has 1 rings (SSSR count). The van der Waals surface area contributed by atoms with Gasteiger partial charge in [0.25, 0.3) is 0 Å². The van der Waals surface area contributed by atoms with Gasteiger partial charge in [0.2, 0.25) is 0 Å². The molecule has 9 heavy (non-hydrogen) atoms. The quantitative estimate of drug-likeness (QED) is 0.488. The van der Waals surface area contributed by atoms with E-state index >= 15 is 0 Å². The van der Waals surface area contributed by atoms with Gasteiger partial charge in [-0.05, 0) is 11.7 Å². The number of hydrogen-bond acceptors (Lipinski definition) is 0. The van der Waals surface area contributed by atoms with Gasteiger partial charge in [0.15, 0.2) is 6.71 Å². The molecule has 1 aromatic rings. The lowest BCUT2D eigenvalue weighted by atomic mass is 9.52. The van der Waals surface area contributed by atoms with Gasteiger partial charge < -0.3 is 4.57 Å². The summed E-state index contributed by atoms with van der Waals surface area (Å²) in [5.41, 5.74) is 1.40. The topological polar surface area (TPSA) is 4.93 Å². The molecular formula is C7H12BN. The Morgan fingerprint density at radius 2 is 2.11 bits per heavy atom. The van der Waals surface area contributed by atoms with Gasteiger partial charge in [-0.3, -0.25) is 0 Å². The highest BCUT2D eigenvalue weighted by atomic mass is 14.9. The number of aromatic nitrogens is 1. The molecule has 0 amide bonds. The Morgan fingerprint density at radius 1 is 1.44 bits per heavy atom. The number of nitrogens with zero attached hydrogens (tertiary/aromatic N) is 1. The summed E-state index contributed by atoms with van der Waals surface area (Å²) < 4.78 is 2.16. The molecule has 0 unspecified atom stereocenters. The Hall–Kier alpha value is -0.655. The Kier molecular flexibility index (Phi) is 1.65. The minimum absolute atomic E-state index is 0.644. The van der Waals surface area contributed by atoms with Gasteiger partial charge in [-0.1, -0.05) is 19.7 Å². The lowest BCUT2D eigenvalue weighted by Crippen LogP contribution is -2.28. The summed E-state index contributed by atoms with van der Waals surface area (Å²) in [4.78, 5) is 0. The van der Waals surface area contributed by atoms with Crippen molar-refractivity contribution < 1.29 is 0 Å². The van der Waals surface area contributed by atoms with E-state index in [0.29, 0.717) is 6.71 Å². The Labute approximate surface area is 56.8 Å². The van der Waals surface area contributed by atoms with Crippen LogP contribution in [-0.2, 0) is 7.05 Å². The molecule has 0 aliphatic heterocycles. The monoisotopic (exact) mass is 121 g/mol. The van der Waals surface area contributed by atoms with E-state index in [1.54, 1.807) is 0 Å². The van der Waals surface area contributed by atoms with Crippen molar-refractivity contribution in [1.29, 1.82) is 0 Å². The van der Waals surface area contributed by atoms with Crippen LogP contribution in [0.5, 0.6) is 0 Å². The zero-order valence-corrected chi connectivity index (χ0v) is 6.26. The summed E-state index contributed by atoms with van der Waals surface area (Å²) in [6, 6.07) is 4.24. The van der Waals surface area contributed by atoms with Crippen molar-refractivity contribution in [2.24, 2.45) is 7.05 Å². The minimum atomic E-state index is 0.644. The maximum Gasteiger partial charge on any atom is 0.191 e. The zero-order chi connectivity index (χ0) is 6.85. The fourth-order valence-corrected chi connectivity index (χ4v) is 1.07. The summed E-state index contributed by atoms with van der Waals surface area (Å²) in [5, 5.41) is 0. The second kappa shape index (κ2) is 2.30. The van der Waals surface area contributed by atoms with Crippen LogP contribution in [0.15, 0.2) is 18.3 Å². The van der Waals surface area contributed by atoms with E-state index in [4.69, 9.17) is 0 Å². The molecule has 1 nitrogen and oxygen atoms in total. The fraction of sp³-hybridized carbons (Fsp3) is 0.429. The first-order valence-electron chi connectivity index (χ1n) is 3.33. The zero-order valence-electron chi connectivity index (χ0n) is 6.26. The average Bonchev–Trinajstić information content (AvgIpc) is 2.13. The molecule has 1 aromatic heterocycles. The van der Waals surface area contributed by atoms with Crippen LogP contribution < -0.4 is 5.59 Å². The third-order valence-electron chi connectivity index (χ3n) is 1.58. The molecule has 2 heteroatoms. The highest BCUT2D eigenvalue weighted by Gasteiger charge is 2.03. The summed E-state index contributed by atoms with van der Waals surface area (Å²) in [6.07, 6.45) is 2.08. The van der Waals surface area contributed by atoms with Gasteiger partial charge in [0, 0.05) is 13.2 Å². The number of rotatable bonds is 1. The van der Waals surface area contributed by atoms with Gasteiger partial charge in [-0.2, -0.15) is 0 Å². The number of hydrogen-bond donors (Lipinski definition) is 0. The second-order valence-electron chi connectivity index (χ2n) is 2.70. The van der Waals surface area contributed by atoms with Crippen LogP contribution in [0.2, 0.25) is 13.6 Å². The van der Waals surface area contributed by atoms with E-state index in [1.807, 2.05) is 0 Å². The predicted molar refractivity (Wildman–Crippen MR) is 42.5 cm³/mol. The smallest absolute Gasteiger partial charge is 0.191 e. The first-order chi connectivity index (χ1) is 4.22. The third-order valence-corrected chi connectivity index (χ3v) is 1.58. The van der Waals surface area contributed by atoms with Crippen molar-refractivity contribution >= 4 is 12.3 Å². The highest BCUT2D eigenvalue weighted by Crippen LogP contribution is 1.86. The van der Waals surface area contributed by atoms with E-state index in [1.165, 1.54) is 5.59 Å². The van der Waals surface area contributed by atoms with Crippen molar-refractivity contribution in [2.75, 3.05) is 0 Å². The van der Waals surface area contributed by atoms with E-state index in [2.05, 4.69) is 43.6 Å². The van der Waals surface area contributed by atoms with Crippen molar-refractivity contribution in [2.45, 2.75) is 13.6 Å². The molecule has 0 fully saturated rings. The molecule has 0 aliphatic rings. The van der Waals surface area contributed by atoms with Crippen LogP contribution in [0.3, 0.4) is 0 Å². The van der Waals surface area contributed by atoms with E-state index in [0.717, 1.165) is 0 Å². The van der Waals surface area contributed by atoms with Crippen LogP contribution in [0, 0.1) is 0 Å². The SMILES string of the molecule is CB(C)c1cccn1C. The summed E-state index contributed by atoms with van der Waals surface area (Å²) in [7, 11) is 2.08. The normalized spacial score (nSPS) is 9.67. The maximum atomic E-state index is 2.20. The average molecular weight is 121 g/mol. The Morgan fingerprint density at radius 3 is 2.33 bits per heavy atom. The maximum absolute atomic E-state index is 2.20. The molecular weight excluding hydrogens is 109 g/mol. The van der Waals surface area contributed by atoms with E-state index in [-0.39, 0.29) is 0 Å². The van der Waals surface area contributed by atoms with Crippen LogP contribution in [-0.4, -0.2) is 11.3 Å². The van der Waals surface area contributed by atoms with Crippen molar-refractivity contribution in [3.63, 3.8) is 0 Å². The van der Waals surface area contributed by atoms with E-state index in [9.17, 15) is 0 Å². The Balaban J connectivity index is 2.94.